The molecule has 0 saturated heterocycles. The monoisotopic (exact) mass is 593 g/mol. The van der Waals surface area contributed by atoms with Gasteiger partial charge in [-0.05, 0) is 44.9 Å². The molecule has 42 heavy (non-hydrogen) atoms. The summed E-state index contributed by atoms with van der Waals surface area (Å²) in [6.07, 6.45) is 46.4. The lowest BCUT2D eigenvalue weighted by Crippen LogP contribution is -2.24. The van der Waals surface area contributed by atoms with Gasteiger partial charge in [0, 0.05) is 13.2 Å². The standard InChI is InChI=1S/C39H76O3/c1-3-5-7-9-11-13-15-17-19-21-23-25-27-29-31-33-35-41-38-39(37-40)42-36-34-32-30-28-26-24-22-20-18-16-14-12-10-8-6-4-2/h12,14,18,20,39-40H,3-11,13,15-17,19,21-38H2,1-2H3. The van der Waals surface area contributed by atoms with Crippen molar-refractivity contribution in [1.29, 1.82) is 0 Å². The number of unbranched alkanes of at least 4 members (excludes halogenated alkanes) is 24. The number of ether oxygens (including phenoxy) is 2. The van der Waals surface area contributed by atoms with E-state index in [0.29, 0.717) is 6.61 Å². The SMILES string of the molecule is CCCCCC=CCC=CCCCCCCCCOC(CO)COCCCCCCCCCCCCCCCCCC. The fourth-order valence-electron chi connectivity index (χ4n) is 5.46. The normalized spacial score (nSPS) is 12.7. The van der Waals surface area contributed by atoms with E-state index in [1.807, 2.05) is 0 Å². The molecule has 3 nitrogen and oxygen atoms in total. The van der Waals surface area contributed by atoms with E-state index in [0.717, 1.165) is 32.5 Å². The smallest absolute Gasteiger partial charge is 0.104 e. The van der Waals surface area contributed by atoms with Crippen molar-refractivity contribution < 1.29 is 14.6 Å². The van der Waals surface area contributed by atoms with Gasteiger partial charge in [0.25, 0.3) is 0 Å². The van der Waals surface area contributed by atoms with Gasteiger partial charge in [0.2, 0.25) is 0 Å². The van der Waals surface area contributed by atoms with Crippen LogP contribution in [-0.2, 0) is 9.47 Å². The lowest BCUT2D eigenvalue weighted by molar-refractivity contribution is -0.0437. The topological polar surface area (TPSA) is 38.7 Å². The molecule has 3 heteroatoms. The van der Waals surface area contributed by atoms with Crippen molar-refractivity contribution in [3.63, 3.8) is 0 Å². The molecular formula is C39H76O3. The molecule has 0 heterocycles. The minimum atomic E-state index is -0.163. The van der Waals surface area contributed by atoms with Gasteiger partial charge in [-0.3, -0.25) is 0 Å². The average molecular weight is 593 g/mol. The highest BCUT2D eigenvalue weighted by molar-refractivity contribution is 4.92. The Kier molecular flexibility index (Phi) is 37.8. The molecule has 0 bridgehead atoms. The predicted octanol–water partition coefficient (Wildman–Crippen LogP) is 12.5. The van der Waals surface area contributed by atoms with Crippen LogP contribution < -0.4 is 0 Å². The zero-order valence-electron chi connectivity index (χ0n) is 28.8. The maximum atomic E-state index is 9.59. The summed E-state index contributed by atoms with van der Waals surface area (Å²) < 4.78 is 11.6. The zero-order chi connectivity index (χ0) is 30.4. The predicted molar refractivity (Wildman–Crippen MR) is 187 cm³/mol. The molecule has 0 aliphatic carbocycles. The van der Waals surface area contributed by atoms with Crippen LogP contribution in [0.1, 0.15) is 194 Å². The van der Waals surface area contributed by atoms with Crippen LogP contribution >= 0.6 is 0 Å². The van der Waals surface area contributed by atoms with Crippen molar-refractivity contribution in [2.75, 3.05) is 26.4 Å². The number of hydrogen-bond acceptors (Lipinski definition) is 3. The molecule has 0 aliphatic heterocycles. The molecule has 0 aromatic heterocycles. The Morgan fingerprint density at radius 2 is 0.833 bits per heavy atom. The number of allylic oxidation sites excluding steroid dienone is 4. The molecule has 0 saturated carbocycles. The van der Waals surface area contributed by atoms with Gasteiger partial charge in [0.05, 0.1) is 13.2 Å². The minimum absolute atomic E-state index is 0.0567. The van der Waals surface area contributed by atoms with Crippen LogP contribution in [0, 0.1) is 0 Å². The highest BCUT2D eigenvalue weighted by Crippen LogP contribution is 2.14. The van der Waals surface area contributed by atoms with Crippen molar-refractivity contribution in [2.45, 2.75) is 200 Å². The van der Waals surface area contributed by atoms with E-state index in [1.165, 1.54) is 161 Å². The van der Waals surface area contributed by atoms with Gasteiger partial charge in [-0.25, -0.2) is 0 Å². The third-order valence-electron chi connectivity index (χ3n) is 8.35. The van der Waals surface area contributed by atoms with Crippen molar-refractivity contribution in [2.24, 2.45) is 0 Å². The second kappa shape index (κ2) is 38.4. The van der Waals surface area contributed by atoms with Gasteiger partial charge in [-0.2, -0.15) is 0 Å². The Balaban J connectivity index is 3.31. The van der Waals surface area contributed by atoms with Gasteiger partial charge in [0.1, 0.15) is 6.10 Å². The van der Waals surface area contributed by atoms with Crippen molar-refractivity contribution >= 4 is 0 Å². The van der Waals surface area contributed by atoms with E-state index in [1.54, 1.807) is 0 Å². The van der Waals surface area contributed by atoms with Crippen molar-refractivity contribution in [3.05, 3.63) is 24.3 Å². The molecule has 0 rings (SSSR count). The highest BCUT2D eigenvalue weighted by Gasteiger charge is 2.07. The second-order valence-corrected chi connectivity index (χ2v) is 12.6. The quantitative estimate of drug-likeness (QED) is 0.0581. The molecule has 250 valence electrons. The third-order valence-corrected chi connectivity index (χ3v) is 8.35. The Labute approximate surface area is 264 Å². The van der Waals surface area contributed by atoms with E-state index in [4.69, 9.17) is 9.47 Å². The summed E-state index contributed by atoms with van der Waals surface area (Å²) in [5.41, 5.74) is 0. The Hall–Kier alpha value is -0.640. The summed E-state index contributed by atoms with van der Waals surface area (Å²) in [6, 6.07) is 0. The summed E-state index contributed by atoms with van der Waals surface area (Å²) in [5, 5.41) is 9.59. The number of rotatable bonds is 36. The van der Waals surface area contributed by atoms with Gasteiger partial charge < -0.3 is 14.6 Å². The number of aliphatic hydroxyl groups is 1. The van der Waals surface area contributed by atoms with Crippen molar-refractivity contribution in [3.8, 4) is 0 Å². The molecule has 0 amide bonds. The van der Waals surface area contributed by atoms with Crippen LogP contribution in [-0.4, -0.2) is 37.6 Å². The second-order valence-electron chi connectivity index (χ2n) is 12.6. The maximum Gasteiger partial charge on any atom is 0.104 e. The van der Waals surface area contributed by atoms with Crippen LogP contribution in [0.15, 0.2) is 24.3 Å². The van der Waals surface area contributed by atoms with Crippen LogP contribution in [0.3, 0.4) is 0 Å². The van der Waals surface area contributed by atoms with Gasteiger partial charge in [0.15, 0.2) is 0 Å². The first-order valence-electron chi connectivity index (χ1n) is 18.9. The number of hydrogen-bond donors (Lipinski definition) is 1. The first kappa shape index (κ1) is 41.4. The fraction of sp³-hybridized carbons (Fsp3) is 0.897. The average Bonchev–Trinajstić information content (AvgIpc) is 3.00. The molecule has 0 fully saturated rings. The zero-order valence-corrected chi connectivity index (χ0v) is 28.8. The van der Waals surface area contributed by atoms with Gasteiger partial charge >= 0.3 is 0 Å². The molecule has 1 unspecified atom stereocenters. The molecule has 0 aliphatic rings. The first-order chi connectivity index (χ1) is 20.8. The van der Waals surface area contributed by atoms with Crippen molar-refractivity contribution in [1.82, 2.24) is 0 Å². The molecular weight excluding hydrogens is 516 g/mol. The van der Waals surface area contributed by atoms with E-state index in [-0.39, 0.29) is 12.7 Å². The van der Waals surface area contributed by atoms with Gasteiger partial charge in [-0.15, -0.1) is 0 Å². The van der Waals surface area contributed by atoms with E-state index >= 15 is 0 Å². The molecule has 0 spiro atoms. The summed E-state index contributed by atoms with van der Waals surface area (Å²) in [7, 11) is 0. The van der Waals surface area contributed by atoms with E-state index in [9.17, 15) is 5.11 Å². The van der Waals surface area contributed by atoms with E-state index in [2.05, 4.69) is 38.2 Å². The summed E-state index contributed by atoms with van der Waals surface area (Å²) in [5.74, 6) is 0. The largest absolute Gasteiger partial charge is 0.394 e. The summed E-state index contributed by atoms with van der Waals surface area (Å²) in [6.45, 7) is 6.67. The summed E-state index contributed by atoms with van der Waals surface area (Å²) >= 11 is 0. The first-order valence-corrected chi connectivity index (χ1v) is 18.9. The van der Waals surface area contributed by atoms with Crippen LogP contribution in [0.5, 0.6) is 0 Å². The Morgan fingerprint density at radius 1 is 0.452 bits per heavy atom. The Bertz CT molecular complexity index is 530. The maximum absolute atomic E-state index is 9.59. The fourth-order valence-corrected chi connectivity index (χ4v) is 5.46. The molecule has 0 aromatic rings. The lowest BCUT2D eigenvalue weighted by Gasteiger charge is -2.15. The molecule has 1 atom stereocenters. The van der Waals surface area contributed by atoms with Gasteiger partial charge in [-0.1, -0.05) is 173 Å². The molecule has 1 N–H and O–H groups in total. The lowest BCUT2D eigenvalue weighted by atomic mass is 10.0. The molecule has 0 aromatic carbocycles. The minimum Gasteiger partial charge on any atom is -0.394 e. The van der Waals surface area contributed by atoms with E-state index < -0.39 is 0 Å². The highest BCUT2D eigenvalue weighted by atomic mass is 16.5. The third kappa shape index (κ3) is 35.6. The van der Waals surface area contributed by atoms with Crippen LogP contribution in [0.4, 0.5) is 0 Å². The van der Waals surface area contributed by atoms with Crippen LogP contribution in [0.2, 0.25) is 0 Å². The Morgan fingerprint density at radius 3 is 1.31 bits per heavy atom. The van der Waals surface area contributed by atoms with Crippen LogP contribution in [0.25, 0.3) is 0 Å². The number of aliphatic hydroxyl groups excluding tert-OH is 1. The molecule has 0 radical (unpaired) electrons. The summed E-state index contributed by atoms with van der Waals surface area (Å²) in [4.78, 5) is 0.